The average Bonchev–Trinajstić information content (AvgIpc) is 2.30. The quantitative estimate of drug-likeness (QED) is 0.466. The Balaban J connectivity index is 2.67. The van der Waals surface area contributed by atoms with Crippen molar-refractivity contribution in [3.8, 4) is 0 Å². The lowest BCUT2D eigenvalue weighted by atomic mass is 10.1. The number of nitrogen functional groups attached to an aromatic ring is 1. The Hall–Kier alpha value is -1.80. The molecule has 1 aromatic carbocycles. The van der Waals surface area contributed by atoms with Crippen LogP contribution in [0.1, 0.15) is 0 Å². The summed E-state index contributed by atoms with van der Waals surface area (Å²) < 4.78 is 2.05. The zero-order valence-corrected chi connectivity index (χ0v) is 9.28. The molecule has 0 aliphatic heterocycles. The van der Waals surface area contributed by atoms with Crippen molar-refractivity contribution in [2.45, 2.75) is 0 Å². The standard InChI is InChI=1S/C13H9ClN2/c14-11-6-3-5-10-12(15)8-9-4-1-2-7-16(9)13(10)11/h1-8,15H/p+1. The number of halogens is 1. The van der Waals surface area contributed by atoms with Crippen molar-refractivity contribution in [3.63, 3.8) is 0 Å². The lowest BCUT2D eigenvalue weighted by Gasteiger charge is -2.02. The van der Waals surface area contributed by atoms with Gasteiger partial charge < -0.3 is 5.73 Å². The number of anilines is 1. The maximum Gasteiger partial charge on any atom is 0.239 e. The van der Waals surface area contributed by atoms with Gasteiger partial charge in [0.15, 0.2) is 6.20 Å². The summed E-state index contributed by atoms with van der Waals surface area (Å²) in [6.45, 7) is 0. The molecule has 0 aliphatic rings. The SMILES string of the molecule is Nc1cc2cccc[n+]2c2c(Cl)cccc12. The smallest absolute Gasteiger partial charge is 0.239 e. The summed E-state index contributed by atoms with van der Waals surface area (Å²) in [4.78, 5) is 0. The van der Waals surface area contributed by atoms with Crippen molar-refractivity contribution in [1.29, 1.82) is 0 Å². The summed E-state index contributed by atoms with van der Waals surface area (Å²) in [6, 6.07) is 13.7. The van der Waals surface area contributed by atoms with Crippen LogP contribution in [0.25, 0.3) is 16.4 Å². The van der Waals surface area contributed by atoms with Gasteiger partial charge in [0.05, 0.1) is 11.1 Å². The van der Waals surface area contributed by atoms with Gasteiger partial charge in [-0.05, 0) is 18.2 Å². The predicted molar refractivity (Wildman–Crippen MR) is 66.5 cm³/mol. The van der Waals surface area contributed by atoms with Gasteiger partial charge in [-0.2, -0.15) is 4.40 Å². The highest BCUT2D eigenvalue weighted by Gasteiger charge is 2.14. The van der Waals surface area contributed by atoms with Crippen LogP contribution in [0.5, 0.6) is 0 Å². The van der Waals surface area contributed by atoms with Crippen LogP contribution in [-0.2, 0) is 0 Å². The third-order valence-electron chi connectivity index (χ3n) is 2.73. The Kier molecular flexibility index (Phi) is 1.98. The molecule has 2 aromatic heterocycles. The molecule has 0 radical (unpaired) electrons. The lowest BCUT2D eigenvalue weighted by molar-refractivity contribution is -0.481. The van der Waals surface area contributed by atoms with Gasteiger partial charge in [-0.25, -0.2) is 0 Å². The average molecular weight is 230 g/mol. The number of rotatable bonds is 0. The van der Waals surface area contributed by atoms with Crippen LogP contribution in [0.3, 0.4) is 0 Å². The first kappa shape index (κ1) is 9.43. The van der Waals surface area contributed by atoms with Crippen molar-refractivity contribution in [2.75, 3.05) is 5.73 Å². The van der Waals surface area contributed by atoms with Gasteiger partial charge in [-0.3, -0.25) is 0 Å². The van der Waals surface area contributed by atoms with Crippen molar-refractivity contribution in [2.24, 2.45) is 0 Å². The topological polar surface area (TPSA) is 30.1 Å². The molecule has 0 unspecified atom stereocenters. The number of hydrogen-bond acceptors (Lipinski definition) is 1. The van der Waals surface area contributed by atoms with E-state index in [0.717, 1.165) is 22.1 Å². The number of pyridine rings is 2. The molecule has 0 amide bonds. The molecule has 0 bridgehead atoms. The largest absolute Gasteiger partial charge is 0.398 e. The monoisotopic (exact) mass is 229 g/mol. The molecule has 3 aromatic rings. The Morgan fingerprint density at radius 3 is 2.81 bits per heavy atom. The van der Waals surface area contributed by atoms with Crippen molar-refractivity contribution in [3.05, 3.63) is 53.7 Å². The maximum atomic E-state index is 6.23. The first-order valence-corrected chi connectivity index (χ1v) is 5.42. The minimum absolute atomic E-state index is 0.714. The summed E-state index contributed by atoms with van der Waals surface area (Å²) in [5.74, 6) is 0. The van der Waals surface area contributed by atoms with Crippen LogP contribution in [0.4, 0.5) is 5.69 Å². The van der Waals surface area contributed by atoms with Crippen LogP contribution < -0.4 is 10.1 Å². The minimum atomic E-state index is 0.714. The molecular formula is C13H10ClN2+. The van der Waals surface area contributed by atoms with Crippen LogP contribution in [0.2, 0.25) is 5.02 Å². The number of fused-ring (bicyclic) bond motifs is 3. The van der Waals surface area contributed by atoms with E-state index >= 15 is 0 Å². The van der Waals surface area contributed by atoms with Gasteiger partial charge in [0.2, 0.25) is 11.0 Å². The molecule has 0 spiro atoms. The molecule has 3 heteroatoms. The highest BCUT2D eigenvalue weighted by atomic mass is 35.5. The molecule has 0 aliphatic carbocycles. The molecule has 2 heterocycles. The summed E-state index contributed by atoms with van der Waals surface area (Å²) in [5.41, 5.74) is 8.77. The molecule has 2 nitrogen and oxygen atoms in total. The van der Waals surface area contributed by atoms with Gasteiger partial charge in [0.25, 0.3) is 0 Å². The van der Waals surface area contributed by atoms with Crippen LogP contribution in [-0.4, -0.2) is 0 Å². The van der Waals surface area contributed by atoms with E-state index in [4.69, 9.17) is 17.3 Å². The lowest BCUT2D eigenvalue weighted by Crippen LogP contribution is -2.22. The van der Waals surface area contributed by atoms with Crippen molar-refractivity contribution in [1.82, 2.24) is 0 Å². The minimum Gasteiger partial charge on any atom is -0.398 e. The number of hydrogen-bond donors (Lipinski definition) is 1. The molecule has 0 saturated carbocycles. The number of nitrogens with zero attached hydrogens (tertiary/aromatic N) is 1. The molecule has 0 saturated heterocycles. The molecule has 16 heavy (non-hydrogen) atoms. The zero-order chi connectivity index (χ0) is 11.1. The number of para-hydroxylation sites is 1. The van der Waals surface area contributed by atoms with E-state index in [0.29, 0.717) is 5.02 Å². The van der Waals surface area contributed by atoms with E-state index in [1.807, 2.05) is 53.1 Å². The van der Waals surface area contributed by atoms with E-state index in [1.54, 1.807) is 0 Å². The van der Waals surface area contributed by atoms with E-state index in [-0.39, 0.29) is 0 Å². The van der Waals surface area contributed by atoms with E-state index < -0.39 is 0 Å². The zero-order valence-electron chi connectivity index (χ0n) is 8.52. The van der Waals surface area contributed by atoms with Crippen molar-refractivity contribution < 1.29 is 4.40 Å². The van der Waals surface area contributed by atoms with Gasteiger partial charge in [-0.1, -0.05) is 17.7 Å². The van der Waals surface area contributed by atoms with Crippen molar-refractivity contribution >= 4 is 33.7 Å². The Labute approximate surface area is 97.9 Å². The first-order chi connectivity index (χ1) is 7.77. The fourth-order valence-electron chi connectivity index (χ4n) is 2.01. The fourth-order valence-corrected chi connectivity index (χ4v) is 2.27. The third-order valence-corrected chi connectivity index (χ3v) is 3.04. The second kappa shape index (κ2) is 3.35. The Bertz CT molecular complexity index is 692. The van der Waals surface area contributed by atoms with Gasteiger partial charge >= 0.3 is 0 Å². The molecule has 0 fully saturated rings. The Morgan fingerprint density at radius 2 is 1.94 bits per heavy atom. The maximum absolute atomic E-state index is 6.23. The van der Waals surface area contributed by atoms with Crippen LogP contribution in [0, 0.1) is 0 Å². The van der Waals surface area contributed by atoms with E-state index in [9.17, 15) is 0 Å². The number of nitrogens with two attached hydrogens (primary N) is 1. The molecule has 78 valence electrons. The van der Waals surface area contributed by atoms with E-state index in [1.165, 1.54) is 0 Å². The molecular weight excluding hydrogens is 220 g/mol. The normalized spacial score (nSPS) is 11.1. The second-order valence-corrected chi connectivity index (χ2v) is 4.14. The highest BCUT2D eigenvalue weighted by Crippen LogP contribution is 2.25. The third kappa shape index (κ3) is 1.24. The van der Waals surface area contributed by atoms with Gasteiger partial charge in [0, 0.05) is 18.2 Å². The fraction of sp³-hybridized carbons (Fsp3) is 0. The highest BCUT2D eigenvalue weighted by molar-refractivity contribution is 6.35. The first-order valence-electron chi connectivity index (χ1n) is 5.04. The predicted octanol–water partition coefficient (Wildman–Crippen LogP) is 2.81. The molecule has 0 atom stereocenters. The number of aromatic nitrogens is 1. The molecule has 2 N–H and O–H groups in total. The van der Waals surface area contributed by atoms with Gasteiger partial charge in [0.1, 0.15) is 5.02 Å². The van der Waals surface area contributed by atoms with Crippen LogP contribution in [0.15, 0.2) is 48.7 Å². The summed E-state index contributed by atoms with van der Waals surface area (Å²) in [5, 5.41) is 1.70. The second-order valence-electron chi connectivity index (χ2n) is 3.73. The van der Waals surface area contributed by atoms with Gasteiger partial charge in [-0.15, -0.1) is 0 Å². The summed E-state index contributed by atoms with van der Waals surface area (Å²) in [7, 11) is 0. The molecule has 3 rings (SSSR count). The summed E-state index contributed by atoms with van der Waals surface area (Å²) >= 11 is 6.23. The van der Waals surface area contributed by atoms with Crippen LogP contribution >= 0.6 is 11.6 Å². The number of benzene rings is 1. The summed E-state index contributed by atoms with van der Waals surface area (Å²) in [6.07, 6.45) is 1.99. The Morgan fingerprint density at radius 1 is 1.06 bits per heavy atom. The van der Waals surface area contributed by atoms with E-state index in [2.05, 4.69) is 0 Å².